The second kappa shape index (κ2) is 8.62. The molecule has 0 saturated carbocycles. The average molecular weight is 366 g/mol. The highest BCUT2D eigenvalue weighted by Gasteiger charge is 2.31. The van der Waals surface area contributed by atoms with Crippen LogP contribution in [0.4, 0.5) is 13.6 Å². The summed E-state index contributed by atoms with van der Waals surface area (Å²) in [5.74, 6) is -1.16. The zero-order chi connectivity index (χ0) is 19.3. The summed E-state index contributed by atoms with van der Waals surface area (Å²) in [4.78, 5) is 14.0. The molecule has 1 atom stereocenters. The van der Waals surface area contributed by atoms with Crippen LogP contribution in [0.5, 0.6) is 0 Å². The van der Waals surface area contributed by atoms with E-state index in [4.69, 9.17) is 4.74 Å². The van der Waals surface area contributed by atoms with Crippen molar-refractivity contribution in [2.45, 2.75) is 52.2 Å². The Bertz CT molecular complexity index is 668. The predicted molar refractivity (Wildman–Crippen MR) is 98.8 cm³/mol. The Morgan fingerprint density at radius 3 is 2.77 bits per heavy atom. The summed E-state index contributed by atoms with van der Waals surface area (Å²) in [6, 6.07) is 3.65. The Hall–Kier alpha value is -1.95. The number of nitrogens with zero attached hydrogens (tertiary/aromatic N) is 1. The van der Waals surface area contributed by atoms with Gasteiger partial charge < -0.3 is 15.0 Å². The van der Waals surface area contributed by atoms with Crippen LogP contribution in [0.15, 0.2) is 23.8 Å². The molecule has 1 aromatic rings. The molecule has 1 heterocycles. The van der Waals surface area contributed by atoms with E-state index in [1.807, 2.05) is 27.7 Å². The van der Waals surface area contributed by atoms with Gasteiger partial charge in [-0.1, -0.05) is 11.6 Å². The molecule has 1 unspecified atom stereocenters. The molecule has 0 radical (unpaired) electrons. The summed E-state index contributed by atoms with van der Waals surface area (Å²) in [5.41, 5.74) is 0.787. The summed E-state index contributed by atoms with van der Waals surface area (Å²) >= 11 is 0. The zero-order valence-corrected chi connectivity index (χ0v) is 15.9. The van der Waals surface area contributed by atoms with Crippen molar-refractivity contribution in [1.29, 1.82) is 0 Å². The lowest BCUT2D eigenvalue weighted by Crippen LogP contribution is -2.44. The molecule has 1 saturated heterocycles. The maximum absolute atomic E-state index is 13.7. The highest BCUT2D eigenvalue weighted by Crippen LogP contribution is 2.20. The topological polar surface area (TPSA) is 41.6 Å². The first kappa shape index (κ1) is 20.4. The number of amides is 1. The Morgan fingerprint density at radius 2 is 2.12 bits per heavy atom. The SMILES string of the molecule is CC(=Cc1ccc(F)cc1F)CNCC1CCCN1C(=O)OC(C)(C)C. The number of rotatable bonds is 5. The molecule has 6 heteroatoms. The smallest absolute Gasteiger partial charge is 0.410 e. The van der Waals surface area contributed by atoms with Gasteiger partial charge in [-0.05, 0) is 52.7 Å². The van der Waals surface area contributed by atoms with E-state index in [-0.39, 0.29) is 12.1 Å². The number of ether oxygens (including phenoxy) is 1. The van der Waals surface area contributed by atoms with Gasteiger partial charge in [0.05, 0.1) is 0 Å². The van der Waals surface area contributed by atoms with Gasteiger partial charge in [-0.15, -0.1) is 0 Å². The Kier molecular flexibility index (Phi) is 6.75. The van der Waals surface area contributed by atoms with E-state index in [0.29, 0.717) is 25.2 Å². The lowest BCUT2D eigenvalue weighted by molar-refractivity contribution is 0.0227. The van der Waals surface area contributed by atoms with Crippen molar-refractivity contribution in [2.24, 2.45) is 0 Å². The second-order valence-electron chi connectivity index (χ2n) is 7.76. The van der Waals surface area contributed by atoms with Gasteiger partial charge in [0.25, 0.3) is 0 Å². The van der Waals surface area contributed by atoms with Crippen molar-refractivity contribution in [3.8, 4) is 0 Å². The lowest BCUT2D eigenvalue weighted by Gasteiger charge is -2.28. The molecule has 1 N–H and O–H groups in total. The number of benzene rings is 1. The number of carbonyl (C=O) groups is 1. The first-order chi connectivity index (χ1) is 12.2. The van der Waals surface area contributed by atoms with E-state index in [1.165, 1.54) is 12.1 Å². The van der Waals surface area contributed by atoms with Gasteiger partial charge in [0.1, 0.15) is 17.2 Å². The van der Waals surface area contributed by atoms with E-state index in [2.05, 4.69) is 5.32 Å². The monoisotopic (exact) mass is 366 g/mol. The molecule has 1 aromatic carbocycles. The van der Waals surface area contributed by atoms with Crippen LogP contribution in [0.3, 0.4) is 0 Å². The van der Waals surface area contributed by atoms with Crippen LogP contribution in [0.1, 0.15) is 46.1 Å². The molecular formula is C20H28F2N2O2. The van der Waals surface area contributed by atoms with Crippen molar-refractivity contribution < 1.29 is 18.3 Å². The van der Waals surface area contributed by atoms with Crippen molar-refractivity contribution in [1.82, 2.24) is 10.2 Å². The quantitative estimate of drug-likeness (QED) is 0.842. The van der Waals surface area contributed by atoms with Crippen LogP contribution in [-0.4, -0.2) is 42.3 Å². The summed E-state index contributed by atoms with van der Waals surface area (Å²) in [6.07, 6.45) is 3.31. The zero-order valence-electron chi connectivity index (χ0n) is 15.9. The molecule has 0 aromatic heterocycles. The number of hydrogen-bond acceptors (Lipinski definition) is 3. The predicted octanol–water partition coefficient (Wildman–Crippen LogP) is 4.36. The third-order valence-corrected chi connectivity index (χ3v) is 4.15. The second-order valence-corrected chi connectivity index (χ2v) is 7.76. The maximum Gasteiger partial charge on any atom is 0.410 e. The third-order valence-electron chi connectivity index (χ3n) is 4.15. The molecule has 0 spiro atoms. The van der Waals surface area contributed by atoms with Gasteiger partial charge in [0.2, 0.25) is 0 Å². The fourth-order valence-corrected chi connectivity index (χ4v) is 2.98. The van der Waals surface area contributed by atoms with Gasteiger partial charge in [-0.2, -0.15) is 0 Å². The minimum Gasteiger partial charge on any atom is -0.444 e. The molecule has 0 aliphatic carbocycles. The summed E-state index contributed by atoms with van der Waals surface area (Å²) in [5, 5.41) is 3.31. The van der Waals surface area contributed by atoms with Crippen LogP contribution < -0.4 is 5.32 Å². The molecule has 1 aliphatic heterocycles. The van der Waals surface area contributed by atoms with Crippen molar-refractivity contribution in [2.75, 3.05) is 19.6 Å². The van der Waals surface area contributed by atoms with E-state index in [1.54, 1.807) is 11.0 Å². The van der Waals surface area contributed by atoms with Crippen LogP contribution in [0.25, 0.3) is 6.08 Å². The van der Waals surface area contributed by atoms with E-state index >= 15 is 0 Å². The fourth-order valence-electron chi connectivity index (χ4n) is 2.98. The van der Waals surface area contributed by atoms with Crippen LogP contribution in [0, 0.1) is 11.6 Å². The molecule has 26 heavy (non-hydrogen) atoms. The van der Waals surface area contributed by atoms with Crippen molar-refractivity contribution in [3.05, 3.63) is 41.0 Å². The van der Waals surface area contributed by atoms with Crippen LogP contribution in [-0.2, 0) is 4.74 Å². The molecule has 1 fully saturated rings. The average Bonchev–Trinajstić information content (AvgIpc) is 2.97. The normalized spacial score (nSPS) is 18.3. The van der Waals surface area contributed by atoms with E-state index < -0.39 is 17.2 Å². The Labute approximate surface area is 154 Å². The van der Waals surface area contributed by atoms with Gasteiger partial charge >= 0.3 is 6.09 Å². The van der Waals surface area contributed by atoms with Crippen molar-refractivity contribution >= 4 is 12.2 Å². The first-order valence-electron chi connectivity index (χ1n) is 8.98. The number of nitrogens with one attached hydrogen (secondary N) is 1. The standard InChI is InChI=1S/C20H28F2N2O2/c1-14(10-15-7-8-16(21)11-18(15)22)12-23-13-17-6-5-9-24(17)19(25)26-20(2,3)4/h7-8,10-11,17,23H,5-6,9,12-13H2,1-4H3. The molecular weight excluding hydrogens is 338 g/mol. The Balaban J connectivity index is 1.86. The van der Waals surface area contributed by atoms with Gasteiger partial charge in [0, 0.05) is 37.3 Å². The fraction of sp³-hybridized carbons (Fsp3) is 0.550. The summed E-state index contributed by atoms with van der Waals surface area (Å²) in [6.45, 7) is 9.38. The maximum atomic E-state index is 13.7. The lowest BCUT2D eigenvalue weighted by atomic mass is 10.1. The molecule has 0 bridgehead atoms. The molecule has 2 rings (SSSR count). The summed E-state index contributed by atoms with van der Waals surface area (Å²) in [7, 11) is 0. The third kappa shape index (κ3) is 6.09. The number of carbonyl (C=O) groups excluding carboxylic acids is 1. The summed E-state index contributed by atoms with van der Waals surface area (Å²) < 4.78 is 32.1. The number of hydrogen-bond donors (Lipinski definition) is 1. The van der Waals surface area contributed by atoms with Gasteiger partial charge in [-0.25, -0.2) is 13.6 Å². The molecule has 1 aliphatic rings. The first-order valence-corrected chi connectivity index (χ1v) is 8.98. The van der Waals surface area contributed by atoms with Crippen LogP contribution in [0.2, 0.25) is 0 Å². The Morgan fingerprint density at radius 1 is 1.38 bits per heavy atom. The van der Waals surface area contributed by atoms with Gasteiger partial charge in [0.15, 0.2) is 0 Å². The molecule has 144 valence electrons. The van der Waals surface area contributed by atoms with Gasteiger partial charge in [-0.3, -0.25) is 0 Å². The van der Waals surface area contributed by atoms with E-state index in [0.717, 1.165) is 24.5 Å². The van der Waals surface area contributed by atoms with Crippen molar-refractivity contribution in [3.63, 3.8) is 0 Å². The van der Waals surface area contributed by atoms with E-state index in [9.17, 15) is 13.6 Å². The highest BCUT2D eigenvalue weighted by atomic mass is 19.1. The minimum absolute atomic E-state index is 0.0974. The molecule has 1 amide bonds. The minimum atomic E-state index is -0.584. The molecule has 4 nitrogen and oxygen atoms in total. The highest BCUT2D eigenvalue weighted by molar-refractivity contribution is 5.69. The largest absolute Gasteiger partial charge is 0.444 e. The van der Waals surface area contributed by atoms with Crippen LogP contribution >= 0.6 is 0 Å². The number of likely N-dealkylation sites (tertiary alicyclic amines) is 1. The number of halogens is 2.